The van der Waals surface area contributed by atoms with Crippen molar-refractivity contribution in [3.8, 4) is 0 Å². The maximum Gasteiger partial charge on any atom is 0.243 e. The van der Waals surface area contributed by atoms with Gasteiger partial charge >= 0.3 is 0 Å². The summed E-state index contributed by atoms with van der Waals surface area (Å²) in [6, 6.07) is 0.343. The minimum Gasteiger partial charge on any atom is -0.343 e. The Bertz CT molecular complexity index is 1160. The Hall–Kier alpha value is -2.21. The first-order valence-corrected chi connectivity index (χ1v) is 17.5. The Morgan fingerprint density at radius 2 is 1.18 bits per heavy atom. The number of amides is 2. The standard InChI is InChI=1S/C16H23ClN4O.C12H22N2O.C3HCl2N3/c17-16-18-11-14(19-20-16)9-12-4-3-5-13(8-12)10-15(22)21-6-1-2-7-21;13-11-5-3-4-10(8-11)9-12(15)14-6-1-2-7-14;4-2-1-6-3(5)8-7-2/h11-13H,1-10H2;10-11H,1-9,13H2;1H/t12-,13+;10-,11+;/m01./s1. The summed E-state index contributed by atoms with van der Waals surface area (Å²) >= 11 is 16.3. The molecule has 14 heteroatoms. The molecule has 0 bridgehead atoms. The molecule has 4 aliphatic rings. The highest BCUT2D eigenvalue weighted by atomic mass is 35.5. The van der Waals surface area contributed by atoms with Gasteiger partial charge in [-0.15, -0.1) is 15.3 Å². The fourth-order valence-corrected chi connectivity index (χ4v) is 7.16. The largest absolute Gasteiger partial charge is 0.343 e. The van der Waals surface area contributed by atoms with Crippen LogP contribution in [0.4, 0.5) is 0 Å². The van der Waals surface area contributed by atoms with Gasteiger partial charge in [0.05, 0.1) is 18.1 Å². The van der Waals surface area contributed by atoms with Crippen LogP contribution in [0.2, 0.25) is 15.7 Å². The number of nitrogens with two attached hydrogens (primary N) is 1. The quantitative estimate of drug-likeness (QED) is 0.413. The number of hydrogen-bond acceptors (Lipinski definition) is 9. The summed E-state index contributed by atoms with van der Waals surface area (Å²) in [5, 5.41) is 15.2. The van der Waals surface area contributed by atoms with Gasteiger partial charge in [0.25, 0.3) is 0 Å². The third-order valence-corrected chi connectivity index (χ3v) is 9.66. The van der Waals surface area contributed by atoms with Gasteiger partial charge in [0.1, 0.15) is 0 Å². The number of nitrogens with zero attached hydrogens (tertiary/aromatic N) is 8. The lowest BCUT2D eigenvalue weighted by Gasteiger charge is -2.29. The molecule has 2 saturated heterocycles. The van der Waals surface area contributed by atoms with Gasteiger partial charge in [0.15, 0.2) is 5.15 Å². The number of hydrogen-bond donors (Lipinski definition) is 1. The number of halogens is 3. The van der Waals surface area contributed by atoms with Crippen molar-refractivity contribution in [2.75, 3.05) is 26.2 Å². The van der Waals surface area contributed by atoms with E-state index in [1.807, 2.05) is 9.80 Å². The molecule has 0 spiro atoms. The van der Waals surface area contributed by atoms with E-state index >= 15 is 0 Å². The van der Waals surface area contributed by atoms with Crippen molar-refractivity contribution in [1.82, 2.24) is 40.2 Å². The fourth-order valence-electron chi connectivity index (χ4n) is 6.90. The predicted octanol–water partition coefficient (Wildman–Crippen LogP) is 5.58. The molecule has 11 nitrogen and oxygen atoms in total. The van der Waals surface area contributed by atoms with E-state index in [1.54, 1.807) is 6.20 Å². The summed E-state index contributed by atoms with van der Waals surface area (Å²) in [5.41, 5.74) is 6.83. The maximum atomic E-state index is 12.3. The second kappa shape index (κ2) is 18.8. The van der Waals surface area contributed by atoms with E-state index in [0.29, 0.717) is 35.6 Å². The van der Waals surface area contributed by atoms with Gasteiger partial charge in [-0.1, -0.05) is 30.9 Å². The normalized spacial score (nSPS) is 24.7. The summed E-state index contributed by atoms with van der Waals surface area (Å²) in [6.45, 7) is 3.89. The number of rotatable bonds is 6. The molecule has 0 radical (unpaired) electrons. The molecular weight excluding hydrogens is 637 g/mol. The van der Waals surface area contributed by atoms with Crippen molar-refractivity contribution in [3.05, 3.63) is 33.8 Å². The lowest BCUT2D eigenvalue weighted by atomic mass is 9.78. The molecule has 6 rings (SSSR count). The van der Waals surface area contributed by atoms with Gasteiger partial charge in [-0.2, -0.15) is 5.10 Å². The maximum absolute atomic E-state index is 12.3. The van der Waals surface area contributed by atoms with Crippen LogP contribution in [0.1, 0.15) is 95.6 Å². The second-order valence-electron chi connectivity index (χ2n) is 12.7. The van der Waals surface area contributed by atoms with Crippen LogP contribution in [-0.4, -0.2) is 84.2 Å². The topological polar surface area (TPSA) is 144 Å². The number of likely N-dealkylation sites (tertiary alicyclic amines) is 2. The second-order valence-corrected chi connectivity index (χ2v) is 13.8. The van der Waals surface area contributed by atoms with E-state index in [1.165, 1.54) is 64.0 Å². The molecule has 2 N–H and O–H groups in total. The summed E-state index contributed by atoms with van der Waals surface area (Å²) < 4.78 is 0. The molecule has 248 valence electrons. The predicted molar refractivity (Wildman–Crippen MR) is 175 cm³/mol. The van der Waals surface area contributed by atoms with Gasteiger partial charge in [-0.3, -0.25) is 9.59 Å². The first-order chi connectivity index (χ1) is 21.7. The van der Waals surface area contributed by atoms with Gasteiger partial charge in [0.2, 0.25) is 22.4 Å². The van der Waals surface area contributed by atoms with Crippen LogP contribution in [0.15, 0.2) is 12.4 Å². The molecule has 2 aromatic rings. The van der Waals surface area contributed by atoms with Crippen LogP contribution < -0.4 is 5.73 Å². The van der Waals surface area contributed by atoms with Crippen molar-refractivity contribution in [3.63, 3.8) is 0 Å². The molecule has 2 aromatic heterocycles. The highest BCUT2D eigenvalue weighted by molar-refractivity contribution is 6.30. The van der Waals surface area contributed by atoms with Crippen LogP contribution in [0.25, 0.3) is 0 Å². The first-order valence-electron chi connectivity index (χ1n) is 16.4. The lowest BCUT2D eigenvalue weighted by Crippen LogP contribution is -2.33. The van der Waals surface area contributed by atoms with E-state index in [0.717, 1.165) is 70.4 Å². The molecule has 4 atom stereocenters. The number of carbonyl (C=O) groups excluding carboxylic acids is 2. The zero-order valence-corrected chi connectivity index (χ0v) is 28.3. The average molecular weight is 683 g/mol. The zero-order chi connectivity index (χ0) is 32.0. The molecule has 2 amide bonds. The van der Waals surface area contributed by atoms with Gasteiger partial charge in [-0.25, -0.2) is 9.97 Å². The number of aromatic nitrogens is 6. The lowest BCUT2D eigenvalue weighted by molar-refractivity contribution is -0.132. The highest BCUT2D eigenvalue weighted by Crippen LogP contribution is 2.33. The zero-order valence-electron chi connectivity index (χ0n) is 26.0. The minimum atomic E-state index is 0.106. The Kier molecular flexibility index (Phi) is 14.9. The van der Waals surface area contributed by atoms with Crippen molar-refractivity contribution in [2.45, 2.75) is 102 Å². The molecule has 0 aromatic carbocycles. The van der Waals surface area contributed by atoms with Crippen molar-refractivity contribution in [1.29, 1.82) is 0 Å². The fraction of sp³-hybridized carbons (Fsp3) is 0.742. The molecule has 2 saturated carbocycles. The van der Waals surface area contributed by atoms with Crippen molar-refractivity contribution in [2.24, 2.45) is 23.5 Å². The molecule has 45 heavy (non-hydrogen) atoms. The van der Waals surface area contributed by atoms with Gasteiger partial charge < -0.3 is 15.5 Å². The molecule has 2 aliphatic carbocycles. The first kappa shape index (κ1) is 35.6. The van der Waals surface area contributed by atoms with E-state index in [9.17, 15) is 9.59 Å². The van der Waals surface area contributed by atoms with Gasteiger partial charge in [0, 0.05) is 45.1 Å². The van der Waals surface area contributed by atoms with E-state index in [4.69, 9.17) is 40.5 Å². The SMILES string of the molecule is Clc1cnc(Cl)nn1.N[C@H]1CCC[C@@H](CC(=O)N2CCCC2)C1.O=C(C[C@@H]1CCC[C@H](Cc2cnc(Cl)nn2)C1)N1CCCC1. The Morgan fingerprint density at radius 1 is 0.667 bits per heavy atom. The number of carbonyl (C=O) groups is 2. The van der Waals surface area contributed by atoms with Crippen LogP contribution >= 0.6 is 34.8 Å². The van der Waals surface area contributed by atoms with Gasteiger partial charge in [-0.05, 0) is 105 Å². The summed E-state index contributed by atoms with van der Waals surface area (Å²) in [4.78, 5) is 35.8. The monoisotopic (exact) mass is 681 g/mol. The molecule has 2 aliphatic heterocycles. The van der Waals surface area contributed by atoms with E-state index in [2.05, 4.69) is 30.4 Å². The Labute approximate surface area is 281 Å². The van der Waals surface area contributed by atoms with Crippen LogP contribution in [-0.2, 0) is 16.0 Å². The third kappa shape index (κ3) is 12.8. The third-order valence-electron chi connectivity index (χ3n) is 9.14. The van der Waals surface area contributed by atoms with E-state index in [-0.39, 0.29) is 15.7 Å². The van der Waals surface area contributed by atoms with E-state index < -0.39 is 0 Å². The van der Waals surface area contributed by atoms with Crippen molar-refractivity contribution < 1.29 is 9.59 Å². The molecular formula is C31H46Cl3N9O2. The molecule has 0 unspecified atom stereocenters. The van der Waals surface area contributed by atoms with Crippen LogP contribution in [0.5, 0.6) is 0 Å². The highest BCUT2D eigenvalue weighted by Gasteiger charge is 2.28. The Balaban J connectivity index is 0.000000172. The minimum absolute atomic E-state index is 0.106. The average Bonchev–Trinajstić information content (AvgIpc) is 3.77. The van der Waals surface area contributed by atoms with Crippen LogP contribution in [0, 0.1) is 17.8 Å². The summed E-state index contributed by atoms with van der Waals surface area (Å²) in [5.74, 6) is 2.40. The smallest absolute Gasteiger partial charge is 0.243 e. The molecule has 4 fully saturated rings. The summed E-state index contributed by atoms with van der Waals surface area (Å²) in [7, 11) is 0. The Morgan fingerprint density at radius 3 is 1.67 bits per heavy atom. The molecule has 4 heterocycles. The summed E-state index contributed by atoms with van der Waals surface area (Å²) in [6.07, 6.45) is 19.4. The van der Waals surface area contributed by atoms with Crippen LogP contribution in [0.3, 0.4) is 0 Å². The van der Waals surface area contributed by atoms with Crippen molar-refractivity contribution >= 4 is 46.6 Å².